The molecule has 1 aromatic heterocycles. The first-order valence-electron chi connectivity index (χ1n) is 7.39. The maximum absolute atomic E-state index is 12.2. The summed E-state index contributed by atoms with van der Waals surface area (Å²) >= 11 is 0. The summed E-state index contributed by atoms with van der Waals surface area (Å²) in [4.78, 5) is 15.3. The largest absolute Gasteiger partial charge is 0.508 e. The van der Waals surface area contributed by atoms with Crippen LogP contribution in [0.4, 0.5) is 0 Å². The van der Waals surface area contributed by atoms with Gasteiger partial charge in [-0.05, 0) is 48.7 Å². The van der Waals surface area contributed by atoms with Gasteiger partial charge in [-0.15, -0.1) is 0 Å². The van der Waals surface area contributed by atoms with Crippen molar-refractivity contribution < 1.29 is 20.1 Å². The van der Waals surface area contributed by atoms with Crippen molar-refractivity contribution in [2.75, 3.05) is 0 Å². The van der Waals surface area contributed by atoms with Gasteiger partial charge in [0.25, 0.3) is 0 Å². The molecule has 0 radical (unpaired) electrons. The Morgan fingerprint density at radius 1 is 1.04 bits per heavy atom. The van der Waals surface area contributed by atoms with Gasteiger partial charge in [-0.2, -0.15) is 0 Å². The second-order valence-electron chi connectivity index (χ2n) is 5.49. The maximum atomic E-state index is 12.2. The van der Waals surface area contributed by atoms with Gasteiger partial charge in [0.15, 0.2) is 5.78 Å². The third-order valence-corrected chi connectivity index (χ3v) is 3.90. The number of phenolic OH excluding ortho intramolecular Hbond substituents is 3. The summed E-state index contributed by atoms with van der Waals surface area (Å²) in [5.41, 5.74) is 1.93. The Morgan fingerprint density at radius 3 is 2.52 bits per heavy atom. The fourth-order valence-electron chi connectivity index (χ4n) is 2.75. The van der Waals surface area contributed by atoms with Crippen molar-refractivity contribution in [3.63, 3.8) is 0 Å². The van der Waals surface area contributed by atoms with E-state index in [-0.39, 0.29) is 35.0 Å². The van der Waals surface area contributed by atoms with Crippen molar-refractivity contribution in [2.45, 2.75) is 19.3 Å². The number of benzene rings is 2. The highest BCUT2D eigenvalue weighted by molar-refractivity contribution is 6.01. The molecule has 0 spiro atoms. The number of Topliss-reactive ketones (excluding diaryl/α,β-unsaturated/α-hetero) is 1. The Morgan fingerprint density at radius 2 is 1.78 bits per heavy atom. The number of carbonyl (C=O) groups is 1. The van der Waals surface area contributed by atoms with Gasteiger partial charge >= 0.3 is 0 Å². The minimum atomic E-state index is -0.289. The number of carbonyl (C=O) groups excluding carboxylic acids is 1. The quantitative estimate of drug-likeness (QED) is 0.543. The van der Waals surface area contributed by atoms with Crippen LogP contribution in [0.1, 0.15) is 28.8 Å². The van der Waals surface area contributed by atoms with E-state index in [2.05, 4.69) is 4.98 Å². The molecule has 3 aromatic rings. The predicted molar refractivity (Wildman–Crippen MR) is 87.0 cm³/mol. The molecule has 0 atom stereocenters. The minimum Gasteiger partial charge on any atom is -0.508 e. The van der Waals surface area contributed by atoms with Crippen molar-refractivity contribution in [1.29, 1.82) is 0 Å². The summed E-state index contributed by atoms with van der Waals surface area (Å²) in [6, 6.07) is 9.37. The first kappa shape index (κ1) is 15.0. The van der Waals surface area contributed by atoms with E-state index in [9.17, 15) is 20.1 Å². The third-order valence-electron chi connectivity index (χ3n) is 3.90. The number of fused-ring (bicyclic) bond motifs is 1. The van der Waals surface area contributed by atoms with E-state index in [0.29, 0.717) is 12.8 Å². The highest BCUT2D eigenvalue weighted by atomic mass is 16.3. The number of nitrogens with one attached hydrogen (secondary N) is 1. The van der Waals surface area contributed by atoms with Crippen LogP contribution in [0.2, 0.25) is 0 Å². The standard InChI is InChI=1S/C18H17NO4/c20-12-7-8-14-13(9-12)11(10-19-14)3-1-4-15(21)18-16(22)5-2-6-17(18)23/h2,5-10,19-20,22-23H,1,3-4H2. The molecular formula is C18H17NO4. The van der Waals surface area contributed by atoms with Crippen LogP contribution in [0.25, 0.3) is 10.9 Å². The number of phenols is 3. The highest BCUT2D eigenvalue weighted by Gasteiger charge is 2.15. The first-order valence-corrected chi connectivity index (χ1v) is 7.39. The van der Waals surface area contributed by atoms with E-state index < -0.39 is 0 Å². The van der Waals surface area contributed by atoms with Crippen LogP contribution in [-0.4, -0.2) is 26.1 Å². The van der Waals surface area contributed by atoms with Crippen LogP contribution in [0.15, 0.2) is 42.6 Å². The summed E-state index contributed by atoms with van der Waals surface area (Å²) in [5, 5.41) is 29.9. The molecule has 0 aliphatic carbocycles. The third kappa shape index (κ3) is 2.99. The molecular weight excluding hydrogens is 294 g/mol. The van der Waals surface area contributed by atoms with Gasteiger partial charge in [0.1, 0.15) is 22.8 Å². The molecule has 1 heterocycles. The summed E-state index contributed by atoms with van der Waals surface area (Å²) in [6.07, 6.45) is 3.32. The van der Waals surface area contributed by atoms with Gasteiger partial charge in [-0.25, -0.2) is 0 Å². The average molecular weight is 311 g/mol. The van der Waals surface area contributed by atoms with Crippen LogP contribution in [-0.2, 0) is 6.42 Å². The molecule has 5 nitrogen and oxygen atoms in total. The van der Waals surface area contributed by atoms with E-state index in [1.54, 1.807) is 18.2 Å². The van der Waals surface area contributed by atoms with E-state index in [4.69, 9.17) is 0 Å². The molecule has 0 aliphatic heterocycles. The number of aromatic amines is 1. The number of H-pyrrole nitrogens is 1. The SMILES string of the molecule is O=C(CCCc1c[nH]c2ccc(O)cc12)c1c(O)cccc1O. The fourth-order valence-corrected chi connectivity index (χ4v) is 2.75. The molecule has 3 rings (SSSR count). The molecule has 118 valence electrons. The van der Waals surface area contributed by atoms with Gasteiger partial charge in [-0.3, -0.25) is 4.79 Å². The Balaban J connectivity index is 1.69. The molecule has 0 aliphatic rings. The number of aryl methyl sites for hydroxylation is 1. The van der Waals surface area contributed by atoms with E-state index in [1.165, 1.54) is 18.2 Å². The Bertz CT molecular complexity index is 846. The molecule has 23 heavy (non-hydrogen) atoms. The zero-order valence-corrected chi connectivity index (χ0v) is 12.4. The topological polar surface area (TPSA) is 93.6 Å². The number of ketones is 1. The molecule has 5 heteroatoms. The van der Waals surface area contributed by atoms with Crippen LogP contribution in [0.3, 0.4) is 0 Å². The van der Waals surface area contributed by atoms with Crippen LogP contribution >= 0.6 is 0 Å². The van der Waals surface area contributed by atoms with E-state index in [0.717, 1.165) is 16.5 Å². The average Bonchev–Trinajstić information content (AvgIpc) is 2.89. The number of aromatic hydroxyl groups is 3. The van der Waals surface area contributed by atoms with Crippen LogP contribution in [0.5, 0.6) is 17.2 Å². The summed E-state index contributed by atoms with van der Waals surface area (Å²) in [5.74, 6) is -0.490. The Hall–Kier alpha value is -2.95. The lowest BCUT2D eigenvalue weighted by Gasteiger charge is -2.06. The number of aromatic nitrogens is 1. The first-order chi connectivity index (χ1) is 11.1. The molecule has 0 saturated carbocycles. The summed E-state index contributed by atoms with van der Waals surface area (Å²) in [7, 11) is 0. The van der Waals surface area contributed by atoms with Crippen molar-refractivity contribution in [3.8, 4) is 17.2 Å². The smallest absolute Gasteiger partial charge is 0.170 e. The number of hydrogen-bond acceptors (Lipinski definition) is 4. The second-order valence-corrected chi connectivity index (χ2v) is 5.49. The van der Waals surface area contributed by atoms with Gasteiger partial charge in [0, 0.05) is 23.5 Å². The van der Waals surface area contributed by atoms with Crippen molar-refractivity contribution >= 4 is 16.7 Å². The number of rotatable bonds is 5. The monoisotopic (exact) mass is 311 g/mol. The molecule has 0 unspecified atom stereocenters. The lowest BCUT2D eigenvalue weighted by atomic mass is 10.0. The van der Waals surface area contributed by atoms with Crippen LogP contribution in [0, 0.1) is 0 Å². The van der Waals surface area contributed by atoms with Crippen molar-refractivity contribution in [1.82, 2.24) is 4.98 Å². The van der Waals surface area contributed by atoms with E-state index >= 15 is 0 Å². The molecule has 4 N–H and O–H groups in total. The van der Waals surface area contributed by atoms with Crippen molar-refractivity contribution in [3.05, 3.63) is 53.7 Å². The second kappa shape index (κ2) is 6.04. The maximum Gasteiger partial charge on any atom is 0.170 e. The zero-order chi connectivity index (χ0) is 16.4. The van der Waals surface area contributed by atoms with E-state index in [1.807, 2.05) is 6.20 Å². The van der Waals surface area contributed by atoms with Gasteiger partial charge in [-0.1, -0.05) is 6.07 Å². The lowest BCUT2D eigenvalue weighted by molar-refractivity contribution is 0.0975. The molecule has 0 fully saturated rings. The predicted octanol–water partition coefficient (Wildman–Crippen LogP) is 3.49. The van der Waals surface area contributed by atoms with Crippen molar-refractivity contribution in [2.24, 2.45) is 0 Å². The minimum absolute atomic E-state index is 0.0240. The molecule has 0 bridgehead atoms. The molecule has 0 amide bonds. The normalized spacial score (nSPS) is 11.0. The number of hydrogen-bond donors (Lipinski definition) is 4. The van der Waals surface area contributed by atoms with Crippen LogP contribution < -0.4 is 0 Å². The molecule has 2 aromatic carbocycles. The lowest BCUT2D eigenvalue weighted by Crippen LogP contribution is -2.01. The van der Waals surface area contributed by atoms with Gasteiger partial charge in [0.2, 0.25) is 0 Å². The fraction of sp³-hybridized carbons (Fsp3) is 0.167. The highest BCUT2D eigenvalue weighted by Crippen LogP contribution is 2.29. The van der Waals surface area contributed by atoms with Gasteiger partial charge in [0.05, 0.1) is 0 Å². The Kier molecular flexibility index (Phi) is 3.93. The summed E-state index contributed by atoms with van der Waals surface area (Å²) in [6.45, 7) is 0. The van der Waals surface area contributed by atoms with Gasteiger partial charge < -0.3 is 20.3 Å². The molecule has 0 saturated heterocycles. The zero-order valence-electron chi connectivity index (χ0n) is 12.4. The Labute approximate surface area is 132 Å². The summed E-state index contributed by atoms with van der Waals surface area (Å²) < 4.78 is 0.